The van der Waals surface area contributed by atoms with Crippen molar-refractivity contribution in [1.29, 1.82) is 0 Å². The van der Waals surface area contributed by atoms with Crippen LogP contribution < -0.4 is 10.3 Å². The van der Waals surface area contributed by atoms with Crippen molar-refractivity contribution in [3.8, 4) is 0 Å². The van der Waals surface area contributed by atoms with Crippen molar-refractivity contribution in [2.45, 2.75) is 18.4 Å². The number of Topliss-reactive ketones (excluding diaryl/α,β-unsaturated/α-hetero) is 1. The number of hydrogen-bond acceptors (Lipinski definition) is 4. The molecule has 0 saturated carbocycles. The highest BCUT2D eigenvalue weighted by Gasteiger charge is 2.15. The molecule has 0 bridgehead atoms. The normalized spacial score (nSPS) is 11.4. The van der Waals surface area contributed by atoms with Crippen molar-refractivity contribution in [2.24, 2.45) is 7.05 Å². The molecular weight excluding hydrogens is 304 g/mol. The highest BCUT2D eigenvalue weighted by molar-refractivity contribution is 7.89. The molecule has 1 heterocycles. The van der Waals surface area contributed by atoms with Gasteiger partial charge in [0.2, 0.25) is 10.0 Å². The second-order valence-electron chi connectivity index (χ2n) is 4.85. The Bertz CT molecular complexity index is 852. The first-order valence-electron chi connectivity index (χ1n) is 6.56. The topological polar surface area (TPSA) is 85.2 Å². The molecular formula is C15H16N2O4S. The zero-order valence-corrected chi connectivity index (χ0v) is 13.1. The second kappa shape index (κ2) is 6.25. The predicted molar refractivity (Wildman–Crippen MR) is 82.2 cm³/mol. The van der Waals surface area contributed by atoms with E-state index in [2.05, 4.69) is 4.72 Å². The Balaban J connectivity index is 2.19. The average molecular weight is 320 g/mol. The summed E-state index contributed by atoms with van der Waals surface area (Å²) >= 11 is 0. The minimum Gasteiger partial charge on any atom is -0.318 e. The minimum atomic E-state index is -3.74. The molecule has 1 aromatic heterocycles. The molecule has 0 saturated heterocycles. The zero-order valence-electron chi connectivity index (χ0n) is 12.2. The van der Waals surface area contributed by atoms with Crippen molar-refractivity contribution in [3.05, 3.63) is 64.1 Å². The summed E-state index contributed by atoms with van der Waals surface area (Å²) in [6.45, 7) is 1.32. The van der Waals surface area contributed by atoms with Crippen molar-refractivity contribution < 1.29 is 13.2 Å². The quantitative estimate of drug-likeness (QED) is 0.835. The van der Waals surface area contributed by atoms with Crippen LogP contribution >= 0.6 is 0 Å². The van der Waals surface area contributed by atoms with Gasteiger partial charge in [0.05, 0.1) is 4.90 Å². The third kappa shape index (κ3) is 3.49. The maximum atomic E-state index is 12.2. The van der Waals surface area contributed by atoms with Crippen molar-refractivity contribution >= 4 is 15.8 Å². The van der Waals surface area contributed by atoms with Crippen LogP contribution in [-0.4, -0.2) is 18.8 Å². The number of carbonyl (C=O) groups excluding carboxylic acids is 1. The highest BCUT2D eigenvalue weighted by Crippen LogP contribution is 2.11. The Labute approximate surface area is 128 Å². The first-order chi connectivity index (χ1) is 10.3. The van der Waals surface area contributed by atoms with E-state index in [1.54, 1.807) is 25.4 Å². The van der Waals surface area contributed by atoms with E-state index < -0.39 is 10.0 Å². The summed E-state index contributed by atoms with van der Waals surface area (Å²) in [5, 5.41) is 0. The highest BCUT2D eigenvalue weighted by atomic mass is 32.2. The molecule has 0 aliphatic rings. The van der Waals surface area contributed by atoms with Crippen LogP contribution in [0.4, 0.5) is 0 Å². The van der Waals surface area contributed by atoms with Crippen LogP contribution in [-0.2, 0) is 23.6 Å². The fraction of sp³-hybridized carbons (Fsp3) is 0.200. The van der Waals surface area contributed by atoms with Gasteiger partial charge < -0.3 is 4.57 Å². The SMILES string of the molecule is CC(=O)c1ccc(S(=O)(=O)NCc2cccn(C)c2=O)cc1. The van der Waals surface area contributed by atoms with Gasteiger partial charge in [0.1, 0.15) is 0 Å². The van der Waals surface area contributed by atoms with Gasteiger partial charge in [-0.15, -0.1) is 0 Å². The number of ketones is 1. The summed E-state index contributed by atoms with van der Waals surface area (Å²) in [4.78, 5) is 23.1. The predicted octanol–water partition coefficient (Wildman–Crippen LogP) is 1.07. The lowest BCUT2D eigenvalue weighted by Gasteiger charge is -2.08. The van der Waals surface area contributed by atoms with E-state index in [0.717, 1.165) is 0 Å². The molecule has 0 atom stereocenters. The Kier molecular flexibility index (Phi) is 4.58. The number of aryl methyl sites for hydroxylation is 1. The fourth-order valence-electron chi connectivity index (χ4n) is 1.91. The molecule has 0 fully saturated rings. The van der Waals surface area contributed by atoms with Gasteiger partial charge in [-0.05, 0) is 25.1 Å². The van der Waals surface area contributed by atoms with E-state index >= 15 is 0 Å². The average Bonchev–Trinajstić information content (AvgIpc) is 2.49. The third-order valence-electron chi connectivity index (χ3n) is 3.23. The number of pyridine rings is 1. The van der Waals surface area contributed by atoms with E-state index in [1.165, 1.54) is 35.8 Å². The largest absolute Gasteiger partial charge is 0.318 e. The summed E-state index contributed by atoms with van der Waals surface area (Å²) in [5.41, 5.74) is 0.543. The zero-order chi connectivity index (χ0) is 16.3. The Hall–Kier alpha value is -2.25. The standard InChI is InChI=1S/C15H16N2O4S/c1-11(18)12-5-7-14(8-6-12)22(20,21)16-10-13-4-3-9-17(2)15(13)19/h3-9,16H,10H2,1-2H3. The maximum absolute atomic E-state index is 12.2. The summed E-state index contributed by atoms with van der Waals surface area (Å²) in [5.74, 6) is -0.135. The van der Waals surface area contributed by atoms with E-state index in [9.17, 15) is 18.0 Å². The van der Waals surface area contributed by atoms with Crippen LogP contribution in [0.5, 0.6) is 0 Å². The monoisotopic (exact) mass is 320 g/mol. The number of nitrogens with zero attached hydrogens (tertiary/aromatic N) is 1. The molecule has 1 aromatic carbocycles. The minimum absolute atomic E-state index is 0.0465. The van der Waals surface area contributed by atoms with Gasteiger partial charge in [0, 0.05) is 30.9 Å². The second-order valence-corrected chi connectivity index (χ2v) is 6.62. The van der Waals surface area contributed by atoms with Gasteiger partial charge in [-0.3, -0.25) is 9.59 Å². The number of aromatic nitrogens is 1. The molecule has 2 rings (SSSR count). The molecule has 7 heteroatoms. The summed E-state index contributed by atoms with van der Waals surface area (Å²) in [6, 6.07) is 8.89. The van der Waals surface area contributed by atoms with E-state index in [0.29, 0.717) is 11.1 Å². The van der Waals surface area contributed by atoms with Gasteiger partial charge in [-0.1, -0.05) is 18.2 Å². The molecule has 0 aliphatic heterocycles. The van der Waals surface area contributed by atoms with Crippen LogP contribution in [0.2, 0.25) is 0 Å². The van der Waals surface area contributed by atoms with Gasteiger partial charge in [0.25, 0.3) is 5.56 Å². The molecule has 6 nitrogen and oxygen atoms in total. The van der Waals surface area contributed by atoms with Gasteiger partial charge in [-0.2, -0.15) is 0 Å². The van der Waals surface area contributed by atoms with E-state index in [4.69, 9.17) is 0 Å². The lowest BCUT2D eigenvalue weighted by molar-refractivity contribution is 0.101. The first kappa shape index (κ1) is 16.1. The Morgan fingerprint density at radius 3 is 2.41 bits per heavy atom. The lowest BCUT2D eigenvalue weighted by atomic mass is 10.2. The lowest BCUT2D eigenvalue weighted by Crippen LogP contribution is -2.28. The van der Waals surface area contributed by atoms with Crippen LogP contribution in [0.1, 0.15) is 22.8 Å². The molecule has 0 unspecified atom stereocenters. The molecule has 1 N–H and O–H groups in total. The summed E-state index contributed by atoms with van der Waals surface area (Å²) < 4.78 is 28.1. The van der Waals surface area contributed by atoms with E-state index in [1.807, 2.05) is 0 Å². The van der Waals surface area contributed by atoms with Gasteiger partial charge in [-0.25, -0.2) is 13.1 Å². The smallest absolute Gasteiger partial charge is 0.254 e. The number of hydrogen-bond donors (Lipinski definition) is 1. The summed E-state index contributed by atoms with van der Waals surface area (Å²) in [6.07, 6.45) is 1.60. The van der Waals surface area contributed by atoms with Crippen LogP contribution in [0.15, 0.2) is 52.3 Å². The molecule has 2 aromatic rings. The molecule has 0 radical (unpaired) electrons. The number of nitrogens with one attached hydrogen (secondary N) is 1. The van der Waals surface area contributed by atoms with Gasteiger partial charge in [0.15, 0.2) is 5.78 Å². The van der Waals surface area contributed by atoms with Crippen LogP contribution in [0.25, 0.3) is 0 Å². The number of benzene rings is 1. The Morgan fingerprint density at radius 1 is 1.18 bits per heavy atom. The van der Waals surface area contributed by atoms with Crippen LogP contribution in [0.3, 0.4) is 0 Å². The third-order valence-corrected chi connectivity index (χ3v) is 4.64. The first-order valence-corrected chi connectivity index (χ1v) is 8.05. The molecule has 116 valence electrons. The number of sulfonamides is 1. The Morgan fingerprint density at radius 2 is 1.82 bits per heavy atom. The molecule has 22 heavy (non-hydrogen) atoms. The van der Waals surface area contributed by atoms with Crippen molar-refractivity contribution in [1.82, 2.24) is 9.29 Å². The fourth-order valence-corrected chi connectivity index (χ4v) is 2.92. The van der Waals surface area contributed by atoms with E-state index in [-0.39, 0.29) is 22.8 Å². The van der Waals surface area contributed by atoms with Crippen molar-refractivity contribution in [2.75, 3.05) is 0 Å². The maximum Gasteiger partial charge on any atom is 0.254 e. The van der Waals surface area contributed by atoms with Crippen molar-refractivity contribution in [3.63, 3.8) is 0 Å². The molecule has 0 amide bonds. The molecule has 0 aliphatic carbocycles. The molecule has 0 spiro atoms. The number of carbonyl (C=O) groups is 1. The van der Waals surface area contributed by atoms with Crippen LogP contribution in [0, 0.1) is 0 Å². The van der Waals surface area contributed by atoms with Gasteiger partial charge >= 0.3 is 0 Å². The number of rotatable bonds is 5. The summed E-state index contributed by atoms with van der Waals surface area (Å²) in [7, 11) is -2.14.